The zero-order valence-electron chi connectivity index (χ0n) is 29.5. The molecule has 2 atom stereocenters. The van der Waals surface area contributed by atoms with Crippen molar-refractivity contribution >= 4 is 44.4 Å². The third kappa shape index (κ3) is 5.18. The Kier molecular flexibility index (Phi) is 7.09. The molecule has 4 bridgehead atoms. The van der Waals surface area contributed by atoms with Gasteiger partial charge in [-0.25, -0.2) is 14.8 Å². The van der Waals surface area contributed by atoms with E-state index in [1.54, 1.807) is 0 Å². The summed E-state index contributed by atoms with van der Waals surface area (Å²) in [7, 11) is 1.86. The molecule has 1 aliphatic heterocycles. The number of carboxylic acid groups (broad SMARTS) is 1. The van der Waals surface area contributed by atoms with Gasteiger partial charge < -0.3 is 14.7 Å². The number of carboxylic acids is 1. The predicted octanol–water partition coefficient (Wildman–Crippen LogP) is 7.85. The maximum atomic E-state index is 13.6. The van der Waals surface area contributed by atoms with Gasteiger partial charge in [-0.2, -0.15) is 5.10 Å². The number of ether oxygens (including phenoxy) is 1. The summed E-state index contributed by atoms with van der Waals surface area (Å²) >= 11 is 1.44. The molecule has 3 aromatic heterocycles. The van der Waals surface area contributed by atoms with Gasteiger partial charge in [0.15, 0.2) is 10.8 Å². The molecule has 51 heavy (non-hydrogen) atoms. The highest BCUT2D eigenvalue weighted by molar-refractivity contribution is 7.22. The fraction of sp³-hybridized carbons (Fsp3) is 0.425. The Morgan fingerprint density at radius 3 is 2.45 bits per heavy atom. The van der Waals surface area contributed by atoms with E-state index in [1.165, 1.54) is 17.8 Å². The molecular weight excluding hydrogens is 661 g/mol. The van der Waals surface area contributed by atoms with E-state index in [4.69, 9.17) is 14.8 Å². The molecule has 4 saturated carbocycles. The molecular formula is C40H42N6O4S. The van der Waals surface area contributed by atoms with Gasteiger partial charge in [-0.1, -0.05) is 49.4 Å². The number of rotatable bonds is 7. The Labute approximate surface area is 300 Å². The summed E-state index contributed by atoms with van der Waals surface area (Å²) in [4.78, 5) is 37.8. The van der Waals surface area contributed by atoms with Crippen molar-refractivity contribution in [1.29, 1.82) is 0 Å². The van der Waals surface area contributed by atoms with Crippen molar-refractivity contribution in [2.45, 2.75) is 83.4 Å². The van der Waals surface area contributed by atoms with Crippen LogP contribution in [-0.4, -0.2) is 56.0 Å². The number of hydrogen-bond donors (Lipinski definition) is 2. The van der Waals surface area contributed by atoms with Gasteiger partial charge in [0, 0.05) is 49.0 Å². The Hall–Kier alpha value is -4.61. The molecule has 10 rings (SSSR count). The number of aromatic carboxylic acids is 1. The van der Waals surface area contributed by atoms with Crippen molar-refractivity contribution < 1.29 is 19.4 Å². The summed E-state index contributed by atoms with van der Waals surface area (Å²) in [6.45, 7) is 7.97. The molecule has 0 spiro atoms. The first-order chi connectivity index (χ1) is 24.4. The first kappa shape index (κ1) is 32.3. The Balaban J connectivity index is 1.01. The summed E-state index contributed by atoms with van der Waals surface area (Å²) < 4.78 is 9.51. The molecule has 2 unspecified atom stereocenters. The molecule has 5 aliphatic rings. The average molecular weight is 703 g/mol. The molecule has 262 valence electrons. The predicted molar refractivity (Wildman–Crippen MR) is 198 cm³/mol. The van der Waals surface area contributed by atoms with Gasteiger partial charge >= 0.3 is 5.97 Å². The smallest absolute Gasteiger partial charge is 0.355 e. The van der Waals surface area contributed by atoms with E-state index in [2.05, 4.69) is 46.7 Å². The molecule has 10 nitrogen and oxygen atoms in total. The molecule has 2 aromatic carbocycles. The molecule has 11 heteroatoms. The molecule has 0 saturated heterocycles. The van der Waals surface area contributed by atoms with E-state index in [9.17, 15) is 14.7 Å². The standard InChI is InChI=1S/C40H42N6O4S/c1-24-28(16-41-46(24)39-19-37(2)18-38(3,20-39)22-40(21-37,23-39)50-4)26-12-13-32(43-33(26)35(48)49)45-15-14-25-8-7-9-27(29(25)17-45)34(47)44-36-42-30-10-5-6-11-31(30)51-36/h5-13,16H,14-15,17-23H2,1-4H3,(H,48,49)(H,42,44,47). The van der Waals surface area contributed by atoms with Gasteiger partial charge in [0.25, 0.3) is 5.91 Å². The number of anilines is 2. The van der Waals surface area contributed by atoms with Crippen LogP contribution in [0.15, 0.2) is 60.8 Å². The number of para-hydroxylation sites is 1. The highest BCUT2D eigenvalue weighted by atomic mass is 32.1. The Morgan fingerprint density at radius 2 is 1.71 bits per heavy atom. The molecule has 0 radical (unpaired) electrons. The topological polar surface area (TPSA) is 122 Å². The highest BCUT2D eigenvalue weighted by Gasteiger charge is 2.67. The van der Waals surface area contributed by atoms with Crippen LogP contribution in [-0.2, 0) is 23.2 Å². The highest BCUT2D eigenvalue weighted by Crippen LogP contribution is 2.70. The molecule has 5 aromatic rings. The fourth-order valence-corrected chi connectivity index (χ4v) is 12.1. The lowest BCUT2D eigenvalue weighted by molar-refractivity contribution is -0.231. The maximum absolute atomic E-state index is 13.6. The van der Waals surface area contributed by atoms with Crippen molar-refractivity contribution in [2.24, 2.45) is 10.8 Å². The van der Waals surface area contributed by atoms with Crippen LogP contribution in [0.25, 0.3) is 21.3 Å². The summed E-state index contributed by atoms with van der Waals surface area (Å²) in [6.07, 6.45) is 8.89. The fourth-order valence-electron chi connectivity index (χ4n) is 11.2. The first-order valence-electron chi connectivity index (χ1n) is 17.8. The molecule has 4 aliphatic carbocycles. The minimum absolute atomic E-state index is 0.000563. The largest absolute Gasteiger partial charge is 0.476 e. The van der Waals surface area contributed by atoms with Gasteiger partial charge in [-0.05, 0) is 97.7 Å². The number of thiazole rings is 1. The second kappa shape index (κ2) is 11.2. The van der Waals surface area contributed by atoms with E-state index in [1.807, 2.05) is 61.8 Å². The molecule has 2 N–H and O–H groups in total. The first-order valence-corrected chi connectivity index (χ1v) is 18.6. The normalized spacial score (nSPS) is 27.9. The Bertz CT molecular complexity index is 2210. The lowest BCUT2D eigenvalue weighted by atomic mass is 9.41. The van der Waals surface area contributed by atoms with Crippen LogP contribution in [0, 0.1) is 17.8 Å². The number of aromatic nitrogens is 4. The zero-order valence-corrected chi connectivity index (χ0v) is 30.3. The van der Waals surface area contributed by atoms with Crippen molar-refractivity contribution in [3.8, 4) is 11.1 Å². The van der Waals surface area contributed by atoms with Gasteiger partial charge in [-0.15, -0.1) is 0 Å². The number of hydrogen-bond acceptors (Lipinski definition) is 8. The number of nitrogens with zero attached hydrogens (tertiary/aromatic N) is 5. The van der Waals surface area contributed by atoms with Crippen molar-refractivity contribution in [2.75, 3.05) is 23.9 Å². The summed E-state index contributed by atoms with van der Waals surface area (Å²) in [5.74, 6) is -0.731. The molecule has 4 fully saturated rings. The van der Waals surface area contributed by atoms with Crippen LogP contribution < -0.4 is 10.2 Å². The number of nitrogens with one attached hydrogen (secondary N) is 1. The van der Waals surface area contributed by atoms with Crippen molar-refractivity contribution in [1.82, 2.24) is 19.7 Å². The second-order valence-electron chi connectivity index (χ2n) is 16.3. The number of amides is 1. The number of methoxy groups -OCH3 is 1. The van der Waals surface area contributed by atoms with E-state index in [0.29, 0.717) is 41.6 Å². The second-order valence-corrected chi connectivity index (χ2v) is 17.3. The molecule has 1 amide bonds. The number of carbonyl (C=O) groups excluding carboxylic acids is 1. The van der Waals surface area contributed by atoms with Crippen molar-refractivity contribution in [3.63, 3.8) is 0 Å². The minimum atomic E-state index is -1.08. The average Bonchev–Trinajstić information content (AvgIpc) is 3.68. The summed E-state index contributed by atoms with van der Waals surface area (Å²) in [5.41, 5.74) is 5.78. The van der Waals surface area contributed by atoms with Crippen LogP contribution in [0.1, 0.15) is 90.0 Å². The lowest BCUT2D eigenvalue weighted by Crippen LogP contribution is -2.66. The van der Waals surface area contributed by atoms with E-state index in [-0.39, 0.29) is 33.6 Å². The maximum Gasteiger partial charge on any atom is 0.355 e. The van der Waals surface area contributed by atoms with Gasteiger partial charge in [0.1, 0.15) is 5.82 Å². The van der Waals surface area contributed by atoms with Crippen LogP contribution in [0.3, 0.4) is 0 Å². The third-order valence-electron chi connectivity index (χ3n) is 12.1. The Morgan fingerprint density at radius 1 is 0.922 bits per heavy atom. The van der Waals surface area contributed by atoms with Gasteiger partial charge in [0.2, 0.25) is 0 Å². The monoisotopic (exact) mass is 702 g/mol. The summed E-state index contributed by atoms with van der Waals surface area (Å²) in [6, 6.07) is 17.4. The SMILES string of the molecule is COC12CC3(C)CC(C)(C1)CC(n1ncc(-c4ccc(N5CCc6cccc(C(=O)Nc7nc8ccccc8s7)c6C5)nc4C(=O)O)c1C)(C3)C2. The zero-order chi connectivity index (χ0) is 35.3. The van der Waals surface area contributed by atoms with Crippen LogP contribution in [0.4, 0.5) is 10.9 Å². The van der Waals surface area contributed by atoms with Crippen molar-refractivity contribution in [3.05, 3.63) is 88.9 Å². The number of fused-ring (bicyclic) bond motifs is 2. The number of benzene rings is 2. The van der Waals surface area contributed by atoms with E-state index < -0.39 is 5.97 Å². The van der Waals surface area contributed by atoms with Gasteiger partial charge in [0.05, 0.1) is 27.6 Å². The number of pyridine rings is 1. The van der Waals surface area contributed by atoms with E-state index >= 15 is 0 Å². The van der Waals surface area contributed by atoms with Crippen LogP contribution >= 0.6 is 11.3 Å². The van der Waals surface area contributed by atoms with E-state index in [0.717, 1.165) is 64.7 Å². The molecule has 4 heterocycles. The summed E-state index contributed by atoms with van der Waals surface area (Å²) in [5, 5.41) is 19.1. The lowest BCUT2D eigenvalue weighted by Gasteiger charge is -2.68. The van der Waals surface area contributed by atoms with Crippen LogP contribution in [0.2, 0.25) is 0 Å². The van der Waals surface area contributed by atoms with Crippen LogP contribution in [0.5, 0.6) is 0 Å². The quantitative estimate of drug-likeness (QED) is 0.176. The third-order valence-corrected chi connectivity index (χ3v) is 13.1. The number of carbonyl (C=O) groups is 2. The minimum Gasteiger partial charge on any atom is -0.476 e. The van der Waals surface area contributed by atoms with Gasteiger partial charge in [-0.3, -0.25) is 14.8 Å².